The van der Waals surface area contributed by atoms with Crippen molar-refractivity contribution in [1.82, 2.24) is 9.78 Å². The maximum absolute atomic E-state index is 12.2. The second kappa shape index (κ2) is 7.13. The first-order valence-electron chi connectivity index (χ1n) is 7.12. The third-order valence-corrected chi connectivity index (χ3v) is 4.33. The highest BCUT2D eigenvalue weighted by atomic mass is 79.9. The molecule has 1 N–H and O–H groups in total. The molecule has 0 radical (unpaired) electrons. The SMILES string of the molecule is CCc1nn(CC)c(CC(C)(O)CCCC(F)(F)F)c1Br. The standard InChI is InChI=1S/C14H22BrF3N2O/c1-4-10-12(15)11(20(5-2)19-10)9-13(3,21)7-6-8-14(16,17)18/h21H,4-9H2,1-3H3. The first kappa shape index (κ1) is 18.5. The van der Waals surface area contributed by atoms with E-state index in [4.69, 9.17) is 0 Å². The summed E-state index contributed by atoms with van der Waals surface area (Å²) in [5.74, 6) is 0. The summed E-state index contributed by atoms with van der Waals surface area (Å²) < 4.78 is 39.2. The summed E-state index contributed by atoms with van der Waals surface area (Å²) in [5, 5.41) is 14.8. The first-order chi connectivity index (χ1) is 9.59. The molecule has 0 aliphatic carbocycles. The van der Waals surface area contributed by atoms with Gasteiger partial charge in [-0.2, -0.15) is 18.3 Å². The fraction of sp³-hybridized carbons (Fsp3) is 0.786. The minimum atomic E-state index is -4.17. The smallest absolute Gasteiger partial charge is 0.389 e. The van der Waals surface area contributed by atoms with Crippen molar-refractivity contribution in [2.75, 3.05) is 0 Å². The van der Waals surface area contributed by atoms with E-state index in [-0.39, 0.29) is 19.3 Å². The zero-order valence-corrected chi connectivity index (χ0v) is 14.2. The van der Waals surface area contributed by atoms with Gasteiger partial charge in [-0.3, -0.25) is 4.68 Å². The Morgan fingerprint density at radius 3 is 2.33 bits per heavy atom. The number of hydrogen-bond acceptors (Lipinski definition) is 2. The molecule has 0 aliphatic heterocycles. The van der Waals surface area contributed by atoms with Crippen molar-refractivity contribution >= 4 is 15.9 Å². The number of halogens is 4. The van der Waals surface area contributed by atoms with Gasteiger partial charge in [-0.25, -0.2) is 0 Å². The molecule has 7 heteroatoms. The maximum Gasteiger partial charge on any atom is 0.389 e. The lowest BCUT2D eigenvalue weighted by Crippen LogP contribution is -2.29. The van der Waals surface area contributed by atoms with Gasteiger partial charge in [0.05, 0.1) is 21.5 Å². The van der Waals surface area contributed by atoms with Crippen molar-refractivity contribution < 1.29 is 18.3 Å². The Bertz CT molecular complexity index is 470. The van der Waals surface area contributed by atoms with E-state index >= 15 is 0 Å². The average Bonchev–Trinajstić information content (AvgIpc) is 2.63. The van der Waals surface area contributed by atoms with Crippen LogP contribution in [0.25, 0.3) is 0 Å². The van der Waals surface area contributed by atoms with E-state index in [0.29, 0.717) is 6.54 Å². The molecule has 0 saturated heterocycles. The van der Waals surface area contributed by atoms with E-state index in [0.717, 1.165) is 22.3 Å². The highest BCUT2D eigenvalue weighted by molar-refractivity contribution is 9.10. The van der Waals surface area contributed by atoms with Gasteiger partial charge in [-0.15, -0.1) is 0 Å². The largest absolute Gasteiger partial charge is 0.390 e. The first-order valence-corrected chi connectivity index (χ1v) is 7.92. The molecule has 0 aliphatic rings. The zero-order chi connectivity index (χ0) is 16.3. The monoisotopic (exact) mass is 370 g/mol. The van der Waals surface area contributed by atoms with Crippen molar-refractivity contribution in [3.63, 3.8) is 0 Å². The second-order valence-corrected chi connectivity index (χ2v) is 6.31. The van der Waals surface area contributed by atoms with Crippen LogP contribution in [-0.2, 0) is 19.4 Å². The van der Waals surface area contributed by atoms with Gasteiger partial charge >= 0.3 is 6.18 Å². The second-order valence-electron chi connectivity index (χ2n) is 5.52. The Hall–Kier alpha value is -0.560. The molecular weight excluding hydrogens is 349 g/mol. The zero-order valence-electron chi connectivity index (χ0n) is 12.6. The number of nitrogens with zero attached hydrogens (tertiary/aromatic N) is 2. The number of rotatable bonds is 7. The number of alkyl halides is 3. The molecule has 0 spiro atoms. The Kier molecular flexibility index (Phi) is 6.28. The van der Waals surface area contributed by atoms with Crippen LogP contribution in [0.4, 0.5) is 13.2 Å². The van der Waals surface area contributed by atoms with E-state index < -0.39 is 18.2 Å². The highest BCUT2D eigenvalue weighted by Crippen LogP contribution is 2.30. The maximum atomic E-state index is 12.2. The highest BCUT2D eigenvalue weighted by Gasteiger charge is 2.30. The van der Waals surface area contributed by atoms with Crippen molar-refractivity contribution in [2.24, 2.45) is 0 Å². The number of aryl methyl sites for hydroxylation is 2. The van der Waals surface area contributed by atoms with Crippen LogP contribution in [0.1, 0.15) is 51.4 Å². The van der Waals surface area contributed by atoms with Gasteiger partial charge in [0.15, 0.2) is 0 Å². The molecule has 1 heterocycles. The van der Waals surface area contributed by atoms with Crippen LogP contribution in [-0.4, -0.2) is 26.7 Å². The minimum Gasteiger partial charge on any atom is -0.390 e. The normalized spacial score (nSPS) is 15.2. The fourth-order valence-corrected chi connectivity index (χ4v) is 3.01. The minimum absolute atomic E-state index is 0.0744. The predicted octanol–water partition coefficient (Wildman–Crippen LogP) is 4.25. The summed E-state index contributed by atoms with van der Waals surface area (Å²) in [6.45, 7) is 6.17. The lowest BCUT2D eigenvalue weighted by Gasteiger charge is -2.24. The van der Waals surface area contributed by atoms with Crippen LogP contribution in [0.5, 0.6) is 0 Å². The molecule has 122 valence electrons. The molecule has 1 unspecified atom stereocenters. The Morgan fingerprint density at radius 1 is 1.24 bits per heavy atom. The lowest BCUT2D eigenvalue weighted by atomic mass is 9.93. The van der Waals surface area contributed by atoms with Crippen LogP contribution in [0.2, 0.25) is 0 Å². The van der Waals surface area contributed by atoms with Crippen LogP contribution < -0.4 is 0 Å². The third kappa shape index (κ3) is 5.62. The van der Waals surface area contributed by atoms with E-state index in [1.807, 2.05) is 13.8 Å². The van der Waals surface area contributed by atoms with Gasteiger partial charge < -0.3 is 5.11 Å². The predicted molar refractivity (Wildman–Crippen MR) is 79.2 cm³/mol. The lowest BCUT2D eigenvalue weighted by molar-refractivity contribution is -0.137. The molecule has 0 fully saturated rings. The third-order valence-electron chi connectivity index (χ3n) is 3.42. The van der Waals surface area contributed by atoms with E-state index in [1.54, 1.807) is 11.6 Å². The van der Waals surface area contributed by atoms with E-state index in [9.17, 15) is 18.3 Å². The van der Waals surface area contributed by atoms with Crippen LogP contribution in [0, 0.1) is 0 Å². The molecule has 0 saturated carbocycles. The summed E-state index contributed by atoms with van der Waals surface area (Å²) in [6.07, 6.45) is -3.96. The molecule has 21 heavy (non-hydrogen) atoms. The molecule has 3 nitrogen and oxygen atoms in total. The molecule has 0 amide bonds. The number of aromatic nitrogens is 2. The van der Waals surface area contributed by atoms with Crippen LogP contribution >= 0.6 is 15.9 Å². The van der Waals surface area contributed by atoms with E-state index in [1.165, 1.54) is 0 Å². The van der Waals surface area contributed by atoms with Gasteiger partial charge in [-0.05, 0) is 49.0 Å². The van der Waals surface area contributed by atoms with Gasteiger partial charge in [0, 0.05) is 19.4 Å². The molecule has 1 aromatic rings. The van der Waals surface area contributed by atoms with E-state index in [2.05, 4.69) is 21.0 Å². The van der Waals surface area contributed by atoms with Crippen molar-refractivity contribution in [1.29, 1.82) is 0 Å². The molecular formula is C14H22BrF3N2O. The van der Waals surface area contributed by atoms with Crippen molar-refractivity contribution in [3.8, 4) is 0 Å². The van der Waals surface area contributed by atoms with Gasteiger partial charge in [0.1, 0.15) is 0 Å². The summed E-state index contributed by atoms with van der Waals surface area (Å²) in [6, 6.07) is 0. The topological polar surface area (TPSA) is 38.0 Å². The van der Waals surface area contributed by atoms with Crippen molar-refractivity contribution in [3.05, 3.63) is 15.9 Å². The molecule has 1 aromatic heterocycles. The van der Waals surface area contributed by atoms with Gasteiger partial charge in [0.25, 0.3) is 0 Å². The summed E-state index contributed by atoms with van der Waals surface area (Å²) in [4.78, 5) is 0. The Balaban J connectivity index is 2.76. The number of hydrogen-bond donors (Lipinski definition) is 1. The molecule has 1 atom stereocenters. The number of aliphatic hydroxyl groups is 1. The molecule has 0 aromatic carbocycles. The Labute approximate surface area is 131 Å². The van der Waals surface area contributed by atoms with Crippen LogP contribution in [0.15, 0.2) is 4.47 Å². The molecule has 0 bridgehead atoms. The quantitative estimate of drug-likeness (QED) is 0.778. The molecule has 1 rings (SSSR count). The summed E-state index contributed by atoms with van der Waals surface area (Å²) >= 11 is 3.48. The van der Waals surface area contributed by atoms with Gasteiger partial charge in [0.2, 0.25) is 0 Å². The fourth-order valence-electron chi connectivity index (χ4n) is 2.30. The summed E-state index contributed by atoms with van der Waals surface area (Å²) in [5.41, 5.74) is 0.565. The average molecular weight is 371 g/mol. The van der Waals surface area contributed by atoms with Crippen LogP contribution in [0.3, 0.4) is 0 Å². The van der Waals surface area contributed by atoms with Crippen molar-refractivity contribution in [2.45, 2.75) is 71.2 Å². The Morgan fingerprint density at radius 2 is 1.86 bits per heavy atom. The van der Waals surface area contributed by atoms with Gasteiger partial charge in [-0.1, -0.05) is 6.92 Å². The summed E-state index contributed by atoms with van der Waals surface area (Å²) in [7, 11) is 0.